The van der Waals surface area contributed by atoms with E-state index < -0.39 is 21.7 Å². The minimum atomic E-state index is -4.05. The van der Waals surface area contributed by atoms with Gasteiger partial charge in [0.15, 0.2) is 0 Å². The number of halogens is 3. The van der Waals surface area contributed by atoms with Gasteiger partial charge in [-0.1, -0.05) is 29.3 Å². The Bertz CT molecular complexity index is 1180. The van der Waals surface area contributed by atoms with Gasteiger partial charge in [-0.2, -0.15) is 0 Å². The van der Waals surface area contributed by atoms with Crippen LogP contribution in [0.15, 0.2) is 65.6 Å². The molecular formula is C20H15Cl2FN2O3S. The van der Waals surface area contributed by atoms with Crippen LogP contribution in [-0.4, -0.2) is 14.3 Å². The second-order valence-corrected chi connectivity index (χ2v) is 8.65. The summed E-state index contributed by atoms with van der Waals surface area (Å²) >= 11 is 11.8. The molecule has 0 saturated carbocycles. The third-order valence-electron chi connectivity index (χ3n) is 4.12. The van der Waals surface area contributed by atoms with Crippen LogP contribution in [0, 0.1) is 12.7 Å². The van der Waals surface area contributed by atoms with Gasteiger partial charge in [0.05, 0.1) is 16.3 Å². The molecule has 0 bridgehead atoms. The van der Waals surface area contributed by atoms with Gasteiger partial charge in [0.2, 0.25) is 0 Å². The van der Waals surface area contributed by atoms with Crippen LogP contribution < -0.4 is 10.0 Å². The Hall–Kier alpha value is -2.61. The van der Waals surface area contributed by atoms with E-state index >= 15 is 0 Å². The molecule has 0 heterocycles. The fourth-order valence-corrected chi connectivity index (χ4v) is 3.92. The first-order valence-corrected chi connectivity index (χ1v) is 10.6. The van der Waals surface area contributed by atoms with Crippen LogP contribution in [0.2, 0.25) is 10.0 Å². The molecule has 0 radical (unpaired) electrons. The Kier molecular flexibility index (Phi) is 6.12. The summed E-state index contributed by atoms with van der Waals surface area (Å²) in [5, 5.41) is 3.26. The number of hydrogen-bond donors (Lipinski definition) is 2. The zero-order valence-corrected chi connectivity index (χ0v) is 17.4. The zero-order chi connectivity index (χ0) is 21.2. The van der Waals surface area contributed by atoms with Gasteiger partial charge in [-0.15, -0.1) is 0 Å². The molecule has 2 N–H and O–H groups in total. The van der Waals surface area contributed by atoms with Gasteiger partial charge in [0.25, 0.3) is 15.9 Å². The van der Waals surface area contributed by atoms with Crippen molar-refractivity contribution in [1.29, 1.82) is 0 Å². The molecule has 3 aromatic carbocycles. The Morgan fingerprint density at radius 1 is 0.966 bits per heavy atom. The van der Waals surface area contributed by atoms with Crippen LogP contribution in [0.3, 0.4) is 0 Å². The van der Waals surface area contributed by atoms with E-state index in [1.54, 1.807) is 25.1 Å². The number of carbonyl (C=O) groups excluding carboxylic acids is 1. The van der Waals surface area contributed by atoms with Gasteiger partial charge < -0.3 is 5.32 Å². The highest BCUT2D eigenvalue weighted by atomic mass is 35.5. The highest BCUT2D eigenvalue weighted by Crippen LogP contribution is 2.27. The number of hydrogen-bond acceptors (Lipinski definition) is 3. The highest BCUT2D eigenvalue weighted by Gasteiger charge is 2.19. The van der Waals surface area contributed by atoms with Gasteiger partial charge in [-0.3, -0.25) is 9.52 Å². The molecule has 3 rings (SSSR count). The van der Waals surface area contributed by atoms with E-state index in [0.29, 0.717) is 15.6 Å². The molecule has 9 heteroatoms. The van der Waals surface area contributed by atoms with Crippen molar-refractivity contribution >= 4 is 50.5 Å². The van der Waals surface area contributed by atoms with Crippen molar-refractivity contribution in [3.63, 3.8) is 0 Å². The average Bonchev–Trinajstić information content (AvgIpc) is 2.67. The second kappa shape index (κ2) is 8.41. The van der Waals surface area contributed by atoms with E-state index in [1.807, 2.05) is 0 Å². The molecule has 0 unspecified atom stereocenters. The smallest absolute Gasteiger partial charge is 0.262 e. The second-order valence-electron chi connectivity index (χ2n) is 6.12. The highest BCUT2D eigenvalue weighted by molar-refractivity contribution is 7.92. The number of anilines is 2. The first-order valence-electron chi connectivity index (χ1n) is 8.32. The van der Waals surface area contributed by atoms with Crippen LogP contribution in [-0.2, 0) is 10.0 Å². The normalized spacial score (nSPS) is 11.2. The molecule has 0 saturated heterocycles. The van der Waals surface area contributed by atoms with Crippen LogP contribution in [0.25, 0.3) is 0 Å². The molecule has 5 nitrogen and oxygen atoms in total. The standard InChI is InChI=1S/C20H15Cl2FN2O3S/c1-12-16(22)3-2-4-18(12)25-29(27,28)15-9-10-19(17(23)11-15)24-20(26)13-5-7-14(21)8-6-13/h2-11,25H,1H3,(H,24,26). The lowest BCUT2D eigenvalue weighted by Gasteiger charge is -2.13. The number of amides is 1. The lowest BCUT2D eigenvalue weighted by molar-refractivity contribution is 0.102. The Balaban J connectivity index is 1.82. The average molecular weight is 453 g/mol. The lowest BCUT2D eigenvalue weighted by atomic mass is 10.2. The molecule has 0 spiro atoms. The topological polar surface area (TPSA) is 75.3 Å². The molecule has 0 fully saturated rings. The molecule has 29 heavy (non-hydrogen) atoms. The minimum absolute atomic E-state index is 0.150. The van der Waals surface area contributed by atoms with Crippen LogP contribution in [0.4, 0.5) is 15.8 Å². The summed E-state index contributed by atoms with van der Waals surface area (Å²) in [6, 6.07) is 14.0. The number of sulfonamides is 1. The molecular weight excluding hydrogens is 438 g/mol. The molecule has 3 aromatic rings. The lowest BCUT2D eigenvalue weighted by Crippen LogP contribution is -2.16. The van der Waals surface area contributed by atoms with Crippen LogP contribution in [0.5, 0.6) is 0 Å². The summed E-state index contributed by atoms with van der Waals surface area (Å²) in [7, 11) is -4.05. The van der Waals surface area contributed by atoms with Crippen LogP contribution in [0.1, 0.15) is 15.9 Å². The van der Waals surface area contributed by atoms with Gasteiger partial charge in [0.1, 0.15) is 5.82 Å². The number of carbonyl (C=O) groups is 1. The molecule has 1 amide bonds. The van der Waals surface area contributed by atoms with E-state index in [-0.39, 0.29) is 21.8 Å². The van der Waals surface area contributed by atoms with Crippen molar-refractivity contribution in [1.82, 2.24) is 0 Å². The molecule has 0 aliphatic carbocycles. The van der Waals surface area contributed by atoms with Crippen molar-refractivity contribution in [2.24, 2.45) is 0 Å². The fourth-order valence-electron chi connectivity index (χ4n) is 2.48. The maximum atomic E-state index is 14.5. The molecule has 0 aliphatic heterocycles. The van der Waals surface area contributed by atoms with Crippen molar-refractivity contribution in [3.8, 4) is 0 Å². The van der Waals surface area contributed by atoms with E-state index in [1.165, 1.54) is 36.4 Å². The maximum absolute atomic E-state index is 14.5. The van der Waals surface area contributed by atoms with Crippen molar-refractivity contribution in [2.75, 3.05) is 10.0 Å². The number of rotatable bonds is 5. The van der Waals surface area contributed by atoms with Gasteiger partial charge in [-0.25, -0.2) is 12.8 Å². The summed E-state index contributed by atoms with van der Waals surface area (Å²) in [6.07, 6.45) is 0. The number of benzene rings is 3. The minimum Gasteiger partial charge on any atom is -0.319 e. The summed E-state index contributed by atoms with van der Waals surface area (Å²) in [5.41, 5.74) is 0.967. The largest absolute Gasteiger partial charge is 0.319 e. The predicted octanol–water partition coefficient (Wildman–Crippen LogP) is 5.49. The summed E-state index contributed by atoms with van der Waals surface area (Å²) in [4.78, 5) is 11.9. The third-order valence-corrected chi connectivity index (χ3v) is 6.14. The number of nitrogens with one attached hydrogen (secondary N) is 2. The summed E-state index contributed by atoms with van der Waals surface area (Å²) in [5.74, 6) is -1.44. The maximum Gasteiger partial charge on any atom is 0.262 e. The molecule has 150 valence electrons. The Labute approximate surface area is 177 Å². The van der Waals surface area contributed by atoms with E-state index in [0.717, 1.165) is 6.07 Å². The van der Waals surface area contributed by atoms with Gasteiger partial charge in [-0.05, 0) is 67.1 Å². The molecule has 0 aromatic heterocycles. The Morgan fingerprint density at radius 2 is 1.66 bits per heavy atom. The molecule has 0 aliphatic rings. The van der Waals surface area contributed by atoms with Gasteiger partial charge >= 0.3 is 0 Å². The van der Waals surface area contributed by atoms with Crippen molar-refractivity contribution in [3.05, 3.63) is 87.7 Å². The summed E-state index contributed by atoms with van der Waals surface area (Å²) in [6.45, 7) is 1.66. The summed E-state index contributed by atoms with van der Waals surface area (Å²) < 4.78 is 42.0. The van der Waals surface area contributed by atoms with Crippen molar-refractivity contribution in [2.45, 2.75) is 11.8 Å². The zero-order valence-electron chi connectivity index (χ0n) is 15.0. The van der Waals surface area contributed by atoms with E-state index in [9.17, 15) is 17.6 Å². The Morgan fingerprint density at radius 3 is 2.31 bits per heavy atom. The van der Waals surface area contributed by atoms with E-state index in [2.05, 4.69) is 10.0 Å². The SMILES string of the molecule is Cc1c(Cl)cccc1NS(=O)(=O)c1ccc(NC(=O)c2ccc(Cl)cc2)c(F)c1. The van der Waals surface area contributed by atoms with Gasteiger partial charge in [0, 0.05) is 15.6 Å². The first kappa shape index (κ1) is 21.1. The van der Waals surface area contributed by atoms with E-state index in [4.69, 9.17) is 23.2 Å². The fraction of sp³-hybridized carbons (Fsp3) is 0.0500. The monoisotopic (exact) mass is 452 g/mol. The van der Waals surface area contributed by atoms with Crippen molar-refractivity contribution < 1.29 is 17.6 Å². The third kappa shape index (κ3) is 4.87. The quantitative estimate of drug-likeness (QED) is 0.536. The molecule has 0 atom stereocenters. The predicted molar refractivity (Wildman–Crippen MR) is 113 cm³/mol. The van der Waals surface area contributed by atoms with Crippen LogP contribution >= 0.6 is 23.2 Å². The first-order chi connectivity index (χ1) is 13.7.